The summed E-state index contributed by atoms with van der Waals surface area (Å²) in [6.07, 6.45) is 1.37. The topological polar surface area (TPSA) is 58.6 Å². The van der Waals surface area contributed by atoms with Crippen LogP contribution in [0, 0.1) is 11.7 Å². The number of carbonyl (C=O) groups excluding carboxylic acids is 1. The van der Waals surface area contributed by atoms with Crippen LogP contribution in [-0.2, 0) is 9.53 Å². The first-order chi connectivity index (χ1) is 8.16. The molecule has 0 spiro atoms. The van der Waals surface area contributed by atoms with E-state index in [-0.39, 0.29) is 11.8 Å². The van der Waals surface area contributed by atoms with Gasteiger partial charge in [-0.2, -0.15) is 0 Å². The van der Waals surface area contributed by atoms with Gasteiger partial charge >= 0.3 is 0 Å². The third-order valence-electron chi connectivity index (χ3n) is 2.81. The number of phenolic OH excluding ortho intramolecular Hbond substituents is 1. The number of amides is 1. The number of hydrogen-bond acceptors (Lipinski definition) is 3. The molecule has 1 aromatic carbocycles. The predicted octanol–water partition coefficient (Wildman–Crippen LogP) is 1.90. The zero-order chi connectivity index (χ0) is 12.3. The third kappa shape index (κ3) is 2.94. The highest BCUT2D eigenvalue weighted by atomic mass is 19.1. The number of halogens is 1. The van der Waals surface area contributed by atoms with Crippen LogP contribution in [0.5, 0.6) is 5.75 Å². The second-order valence-corrected chi connectivity index (χ2v) is 4.04. The van der Waals surface area contributed by atoms with Crippen molar-refractivity contribution in [3.8, 4) is 5.75 Å². The summed E-state index contributed by atoms with van der Waals surface area (Å²) in [6.45, 7) is 1.17. The van der Waals surface area contributed by atoms with E-state index in [9.17, 15) is 9.18 Å². The van der Waals surface area contributed by atoms with Crippen molar-refractivity contribution >= 4 is 11.6 Å². The number of phenols is 1. The van der Waals surface area contributed by atoms with E-state index in [1.165, 1.54) is 12.1 Å². The number of carbonyl (C=O) groups is 1. The molecule has 1 aliphatic rings. The van der Waals surface area contributed by atoms with Crippen molar-refractivity contribution in [2.45, 2.75) is 12.8 Å². The largest absolute Gasteiger partial charge is 0.505 e. The van der Waals surface area contributed by atoms with Crippen LogP contribution in [0.4, 0.5) is 10.1 Å². The maximum Gasteiger partial charge on any atom is 0.227 e. The molecule has 0 aromatic heterocycles. The van der Waals surface area contributed by atoms with Crippen molar-refractivity contribution in [3.63, 3.8) is 0 Å². The minimum absolute atomic E-state index is 0.0828. The van der Waals surface area contributed by atoms with Gasteiger partial charge in [-0.15, -0.1) is 0 Å². The molecule has 1 heterocycles. The SMILES string of the molecule is O=C(Nc1ccc(O)c(F)c1)C1CCOCC1. The van der Waals surface area contributed by atoms with E-state index in [0.717, 1.165) is 6.07 Å². The Bertz CT molecular complexity index is 416. The summed E-state index contributed by atoms with van der Waals surface area (Å²) in [5.74, 6) is -1.37. The zero-order valence-electron chi connectivity index (χ0n) is 9.28. The molecule has 17 heavy (non-hydrogen) atoms. The van der Waals surface area contributed by atoms with Crippen molar-refractivity contribution in [2.24, 2.45) is 5.92 Å². The van der Waals surface area contributed by atoms with Crippen molar-refractivity contribution in [1.82, 2.24) is 0 Å². The van der Waals surface area contributed by atoms with Crippen LogP contribution in [0.25, 0.3) is 0 Å². The minimum Gasteiger partial charge on any atom is -0.505 e. The molecule has 4 nitrogen and oxygen atoms in total. The van der Waals surface area contributed by atoms with Crippen LogP contribution in [0.15, 0.2) is 18.2 Å². The molecule has 0 aliphatic carbocycles. The lowest BCUT2D eigenvalue weighted by molar-refractivity contribution is -0.122. The summed E-state index contributed by atoms with van der Waals surface area (Å²) in [7, 11) is 0. The summed E-state index contributed by atoms with van der Waals surface area (Å²) in [5, 5.41) is 11.7. The monoisotopic (exact) mass is 239 g/mol. The van der Waals surface area contributed by atoms with E-state index >= 15 is 0 Å². The van der Waals surface area contributed by atoms with Gasteiger partial charge in [-0.3, -0.25) is 4.79 Å². The quantitative estimate of drug-likeness (QED) is 0.775. The van der Waals surface area contributed by atoms with E-state index in [1.807, 2.05) is 0 Å². The number of nitrogens with one attached hydrogen (secondary N) is 1. The zero-order valence-corrected chi connectivity index (χ0v) is 9.28. The first kappa shape index (κ1) is 11.9. The highest BCUT2D eigenvalue weighted by Crippen LogP contribution is 2.21. The van der Waals surface area contributed by atoms with E-state index in [2.05, 4.69) is 5.32 Å². The molecule has 1 saturated heterocycles. The number of rotatable bonds is 2. The van der Waals surface area contributed by atoms with Gasteiger partial charge in [0.25, 0.3) is 0 Å². The number of ether oxygens (including phenoxy) is 1. The lowest BCUT2D eigenvalue weighted by Gasteiger charge is -2.21. The van der Waals surface area contributed by atoms with Gasteiger partial charge in [-0.25, -0.2) is 4.39 Å². The Kier molecular flexibility index (Phi) is 3.58. The fourth-order valence-corrected chi connectivity index (χ4v) is 1.79. The summed E-state index contributed by atoms with van der Waals surface area (Å²) >= 11 is 0. The molecule has 0 unspecified atom stereocenters. The average Bonchev–Trinajstić information content (AvgIpc) is 2.35. The molecular weight excluding hydrogens is 225 g/mol. The fourth-order valence-electron chi connectivity index (χ4n) is 1.79. The highest BCUT2D eigenvalue weighted by Gasteiger charge is 2.21. The second-order valence-electron chi connectivity index (χ2n) is 4.04. The molecule has 1 fully saturated rings. The van der Waals surface area contributed by atoms with Gasteiger partial charge in [-0.1, -0.05) is 0 Å². The van der Waals surface area contributed by atoms with Gasteiger partial charge in [0.15, 0.2) is 11.6 Å². The van der Waals surface area contributed by atoms with Crippen LogP contribution in [-0.4, -0.2) is 24.2 Å². The first-order valence-electron chi connectivity index (χ1n) is 5.54. The molecule has 0 saturated carbocycles. The van der Waals surface area contributed by atoms with E-state index in [0.29, 0.717) is 31.7 Å². The number of aromatic hydroxyl groups is 1. The van der Waals surface area contributed by atoms with Crippen LogP contribution in [0.2, 0.25) is 0 Å². The average molecular weight is 239 g/mol. The Labute approximate surface area is 98.4 Å². The highest BCUT2D eigenvalue weighted by molar-refractivity contribution is 5.92. The van der Waals surface area contributed by atoms with E-state index < -0.39 is 11.6 Å². The standard InChI is InChI=1S/C12H14FNO3/c13-10-7-9(1-2-11(10)15)14-12(16)8-3-5-17-6-4-8/h1-2,7-8,15H,3-6H2,(H,14,16). The van der Waals surface area contributed by atoms with Crippen molar-refractivity contribution < 1.29 is 19.0 Å². The molecular formula is C12H14FNO3. The number of anilines is 1. The normalized spacial score (nSPS) is 16.8. The molecule has 0 bridgehead atoms. The molecule has 5 heteroatoms. The minimum atomic E-state index is -0.741. The summed E-state index contributed by atoms with van der Waals surface area (Å²) < 4.78 is 18.2. The van der Waals surface area contributed by atoms with E-state index in [4.69, 9.17) is 9.84 Å². The molecule has 1 aromatic rings. The number of benzene rings is 1. The van der Waals surface area contributed by atoms with Gasteiger partial charge in [-0.05, 0) is 25.0 Å². The molecule has 0 atom stereocenters. The third-order valence-corrected chi connectivity index (χ3v) is 2.81. The Hall–Kier alpha value is -1.62. The molecule has 0 radical (unpaired) electrons. The van der Waals surface area contributed by atoms with Gasteiger partial charge in [0.05, 0.1) is 0 Å². The second kappa shape index (κ2) is 5.14. The maximum atomic E-state index is 13.1. The smallest absolute Gasteiger partial charge is 0.227 e. The predicted molar refractivity (Wildman–Crippen MR) is 60.2 cm³/mol. The Morgan fingerprint density at radius 3 is 2.76 bits per heavy atom. The van der Waals surface area contributed by atoms with Crippen LogP contribution in [0.3, 0.4) is 0 Å². The van der Waals surface area contributed by atoms with Gasteiger partial charge in [0.1, 0.15) is 0 Å². The lowest BCUT2D eigenvalue weighted by Crippen LogP contribution is -2.28. The molecule has 1 aliphatic heterocycles. The Morgan fingerprint density at radius 2 is 2.12 bits per heavy atom. The summed E-state index contributed by atoms with van der Waals surface area (Å²) in [4.78, 5) is 11.8. The summed E-state index contributed by atoms with van der Waals surface area (Å²) in [6, 6.07) is 3.79. The van der Waals surface area contributed by atoms with Gasteiger partial charge in [0, 0.05) is 30.9 Å². The molecule has 1 amide bonds. The van der Waals surface area contributed by atoms with Crippen molar-refractivity contribution in [2.75, 3.05) is 18.5 Å². The van der Waals surface area contributed by atoms with Crippen LogP contribution < -0.4 is 5.32 Å². The maximum absolute atomic E-state index is 13.1. The fraction of sp³-hybridized carbons (Fsp3) is 0.417. The Morgan fingerprint density at radius 1 is 1.41 bits per heavy atom. The van der Waals surface area contributed by atoms with Crippen LogP contribution in [0.1, 0.15) is 12.8 Å². The van der Waals surface area contributed by atoms with Crippen molar-refractivity contribution in [3.05, 3.63) is 24.0 Å². The van der Waals surface area contributed by atoms with Gasteiger partial charge in [0.2, 0.25) is 5.91 Å². The molecule has 92 valence electrons. The lowest BCUT2D eigenvalue weighted by atomic mass is 9.99. The molecule has 2 N–H and O–H groups in total. The van der Waals surface area contributed by atoms with Crippen LogP contribution >= 0.6 is 0 Å². The van der Waals surface area contributed by atoms with Crippen molar-refractivity contribution in [1.29, 1.82) is 0 Å². The first-order valence-corrected chi connectivity index (χ1v) is 5.54. The summed E-state index contributed by atoms with van der Waals surface area (Å²) in [5.41, 5.74) is 0.358. The Balaban J connectivity index is 1.99. The number of hydrogen-bond donors (Lipinski definition) is 2. The van der Waals surface area contributed by atoms with E-state index in [1.54, 1.807) is 0 Å². The van der Waals surface area contributed by atoms with Gasteiger partial charge < -0.3 is 15.2 Å². The molecule has 2 rings (SSSR count).